The molecule has 0 aromatic carbocycles. The number of ether oxygens (including phenoxy) is 1. The van der Waals surface area contributed by atoms with E-state index in [0.29, 0.717) is 0 Å². The number of carbonyl (C=O) groups is 1. The minimum atomic E-state index is -3.23. The van der Waals surface area contributed by atoms with Crippen LogP contribution in [-0.4, -0.2) is 18.1 Å². The van der Waals surface area contributed by atoms with Gasteiger partial charge in [-0.3, -0.25) is 9.59 Å². The second kappa shape index (κ2) is 4.82. The summed E-state index contributed by atoms with van der Waals surface area (Å²) in [6.45, 7) is 0. The fraction of sp³-hybridized carbons (Fsp3) is 0.333. The van der Waals surface area contributed by atoms with Crippen molar-refractivity contribution in [3.05, 3.63) is 33.5 Å². The van der Waals surface area contributed by atoms with Crippen LogP contribution in [0.25, 0.3) is 0 Å². The van der Waals surface area contributed by atoms with E-state index in [-0.39, 0.29) is 5.56 Å². The lowest BCUT2D eigenvalue weighted by atomic mass is 10.1. The van der Waals surface area contributed by atoms with Crippen LogP contribution in [0.1, 0.15) is 17.6 Å². The number of hydrogen-bond acceptors (Lipinski definition) is 3. The highest BCUT2D eigenvalue weighted by molar-refractivity contribution is 5.72. The van der Waals surface area contributed by atoms with Gasteiger partial charge in [0.25, 0.3) is 6.43 Å². The lowest BCUT2D eigenvalue weighted by Crippen LogP contribution is -2.21. The molecule has 0 atom stereocenters. The lowest BCUT2D eigenvalue weighted by molar-refractivity contribution is -0.139. The van der Waals surface area contributed by atoms with Gasteiger partial charge in [0.05, 0.1) is 13.5 Å². The maximum absolute atomic E-state index is 12.8. The molecule has 0 amide bonds. The van der Waals surface area contributed by atoms with E-state index >= 15 is 0 Å². The van der Waals surface area contributed by atoms with Gasteiger partial charge < -0.3 is 9.72 Å². The average molecular weight is 235 g/mol. The number of pyridine rings is 1. The van der Waals surface area contributed by atoms with E-state index in [1.165, 1.54) is 0 Å². The summed E-state index contributed by atoms with van der Waals surface area (Å²) in [6, 6.07) is 0. The number of nitrogens with one attached hydrogen (secondary N) is 1. The molecule has 88 valence electrons. The van der Waals surface area contributed by atoms with E-state index in [2.05, 4.69) is 4.74 Å². The molecule has 16 heavy (non-hydrogen) atoms. The highest BCUT2D eigenvalue weighted by atomic mass is 19.3. The van der Waals surface area contributed by atoms with Gasteiger partial charge in [0.15, 0.2) is 5.43 Å². The molecular weight excluding hydrogens is 227 g/mol. The minimum absolute atomic E-state index is 0.261. The predicted octanol–water partition coefficient (Wildman–Crippen LogP) is 1.17. The Hall–Kier alpha value is -1.79. The first-order valence-electron chi connectivity index (χ1n) is 4.22. The number of H-pyrrole nitrogens is 1. The van der Waals surface area contributed by atoms with Gasteiger partial charge in [0.2, 0.25) is 5.95 Å². The summed E-state index contributed by atoms with van der Waals surface area (Å²) in [4.78, 5) is 24.0. The number of halogens is 3. The second-order valence-electron chi connectivity index (χ2n) is 2.92. The number of aromatic nitrogens is 1. The summed E-state index contributed by atoms with van der Waals surface area (Å²) < 4.78 is 41.7. The molecule has 1 N–H and O–H groups in total. The van der Waals surface area contributed by atoms with Crippen LogP contribution in [0, 0.1) is 5.95 Å². The van der Waals surface area contributed by atoms with Gasteiger partial charge in [-0.2, -0.15) is 4.39 Å². The van der Waals surface area contributed by atoms with Crippen LogP contribution in [0.4, 0.5) is 13.2 Å². The maximum atomic E-state index is 12.8. The van der Waals surface area contributed by atoms with E-state index in [4.69, 9.17) is 0 Å². The topological polar surface area (TPSA) is 59.2 Å². The van der Waals surface area contributed by atoms with Crippen LogP contribution in [0.15, 0.2) is 11.0 Å². The number of aromatic amines is 1. The Balaban J connectivity index is 3.19. The molecule has 1 heterocycles. The molecule has 1 rings (SSSR count). The lowest BCUT2D eigenvalue weighted by Gasteiger charge is -2.04. The van der Waals surface area contributed by atoms with Crippen LogP contribution in [-0.2, 0) is 16.0 Å². The molecule has 0 fully saturated rings. The van der Waals surface area contributed by atoms with Crippen LogP contribution < -0.4 is 5.43 Å². The third-order valence-corrected chi connectivity index (χ3v) is 1.93. The van der Waals surface area contributed by atoms with Gasteiger partial charge in [-0.05, 0) is 0 Å². The first-order valence-corrected chi connectivity index (χ1v) is 4.22. The van der Waals surface area contributed by atoms with Crippen LogP contribution in [0.2, 0.25) is 0 Å². The Labute approximate surface area is 88.0 Å². The van der Waals surface area contributed by atoms with Gasteiger partial charge in [-0.1, -0.05) is 0 Å². The van der Waals surface area contributed by atoms with E-state index in [1.54, 1.807) is 0 Å². The quantitative estimate of drug-likeness (QED) is 0.631. The fourth-order valence-corrected chi connectivity index (χ4v) is 1.12. The van der Waals surface area contributed by atoms with E-state index < -0.39 is 35.8 Å². The summed E-state index contributed by atoms with van der Waals surface area (Å²) in [5.41, 5.74) is -2.71. The van der Waals surface area contributed by atoms with Gasteiger partial charge in [-0.25, -0.2) is 8.78 Å². The molecule has 0 aliphatic carbocycles. The monoisotopic (exact) mass is 235 g/mol. The van der Waals surface area contributed by atoms with Gasteiger partial charge in [0, 0.05) is 11.8 Å². The average Bonchev–Trinajstić information content (AvgIpc) is 2.21. The molecule has 0 aliphatic rings. The van der Waals surface area contributed by atoms with Crippen molar-refractivity contribution >= 4 is 5.97 Å². The fourth-order valence-electron chi connectivity index (χ4n) is 1.12. The van der Waals surface area contributed by atoms with Crippen LogP contribution in [0.5, 0.6) is 0 Å². The van der Waals surface area contributed by atoms with Crippen LogP contribution in [0.3, 0.4) is 0 Å². The molecule has 0 aliphatic heterocycles. The number of methoxy groups -OCH3 is 1. The summed E-state index contributed by atoms with van der Waals surface area (Å²) in [5, 5.41) is 0. The molecule has 0 saturated heterocycles. The number of rotatable bonds is 3. The molecule has 0 spiro atoms. The van der Waals surface area contributed by atoms with Gasteiger partial charge in [0.1, 0.15) is 5.56 Å². The van der Waals surface area contributed by atoms with Crippen molar-refractivity contribution in [1.29, 1.82) is 0 Å². The Bertz CT molecular complexity index is 456. The number of alkyl halides is 2. The zero-order valence-electron chi connectivity index (χ0n) is 8.22. The standard InChI is InChI=1S/C9H8F3NO3/c1-16-5(14)2-4-3-13-9(12)6(7(4)15)8(10)11/h3,8H,2H2,1H3,(H,13,15). The molecule has 7 heteroatoms. The SMILES string of the molecule is COC(=O)Cc1c[nH]c(F)c(C(F)F)c1=O. The van der Waals surface area contributed by atoms with Crippen molar-refractivity contribution in [3.63, 3.8) is 0 Å². The smallest absolute Gasteiger partial charge is 0.310 e. The van der Waals surface area contributed by atoms with Crippen LogP contribution >= 0.6 is 0 Å². The van der Waals surface area contributed by atoms with Crippen molar-refractivity contribution in [3.8, 4) is 0 Å². The summed E-state index contributed by atoms with van der Waals surface area (Å²) >= 11 is 0. The maximum Gasteiger partial charge on any atom is 0.310 e. The van der Waals surface area contributed by atoms with Crippen molar-refractivity contribution in [2.24, 2.45) is 0 Å². The second-order valence-corrected chi connectivity index (χ2v) is 2.92. The summed E-state index contributed by atoms with van der Waals surface area (Å²) in [5.74, 6) is -2.16. The van der Waals surface area contributed by atoms with E-state index in [9.17, 15) is 22.8 Å². The first-order chi connectivity index (χ1) is 7.47. The summed E-state index contributed by atoms with van der Waals surface area (Å²) in [6.07, 6.45) is -2.84. The van der Waals surface area contributed by atoms with Gasteiger partial charge >= 0.3 is 5.97 Å². The van der Waals surface area contributed by atoms with Crippen molar-refractivity contribution in [2.75, 3.05) is 7.11 Å². The van der Waals surface area contributed by atoms with Crippen molar-refractivity contribution < 1.29 is 22.7 Å². The minimum Gasteiger partial charge on any atom is -0.469 e. The van der Waals surface area contributed by atoms with E-state index in [1.807, 2.05) is 4.98 Å². The normalized spacial score (nSPS) is 10.6. The summed E-state index contributed by atoms with van der Waals surface area (Å²) in [7, 11) is 1.09. The Morgan fingerprint density at radius 3 is 2.69 bits per heavy atom. The molecule has 4 nitrogen and oxygen atoms in total. The van der Waals surface area contributed by atoms with Crippen molar-refractivity contribution in [1.82, 2.24) is 4.98 Å². The molecular formula is C9H8F3NO3. The highest BCUT2D eigenvalue weighted by Crippen LogP contribution is 2.17. The highest BCUT2D eigenvalue weighted by Gasteiger charge is 2.21. The number of hydrogen-bond donors (Lipinski definition) is 1. The van der Waals surface area contributed by atoms with E-state index in [0.717, 1.165) is 13.3 Å². The third-order valence-electron chi connectivity index (χ3n) is 1.93. The Morgan fingerprint density at radius 2 is 2.19 bits per heavy atom. The molecule has 0 bridgehead atoms. The number of esters is 1. The number of carbonyl (C=O) groups excluding carboxylic acids is 1. The molecule has 1 aromatic rings. The van der Waals surface area contributed by atoms with Gasteiger partial charge in [-0.15, -0.1) is 0 Å². The Morgan fingerprint density at radius 1 is 1.56 bits per heavy atom. The molecule has 0 saturated carbocycles. The third kappa shape index (κ3) is 2.41. The Kier molecular flexibility index (Phi) is 3.70. The zero-order chi connectivity index (χ0) is 12.3. The molecule has 1 aromatic heterocycles. The first kappa shape index (κ1) is 12.3. The van der Waals surface area contributed by atoms with Crippen molar-refractivity contribution in [2.45, 2.75) is 12.8 Å². The zero-order valence-corrected chi connectivity index (χ0v) is 8.22. The predicted molar refractivity (Wildman–Crippen MR) is 47.7 cm³/mol. The molecule has 0 unspecified atom stereocenters. The molecule has 0 radical (unpaired) electrons. The largest absolute Gasteiger partial charge is 0.469 e.